The summed E-state index contributed by atoms with van der Waals surface area (Å²) in [6, 6.07) is 4.48. The van der Waals surface area contributed by atoms with Crippen LogP contribution in [-0.4, -0.2) is 31.9 Å². The van der Waals surface area contributed by atoms with Crippen LogP contribution in [0.1, 0.15) is 0 Å². The predicted molar refractivity (Wildman–Crippen MR) is 68.9 cm³/mol. The van der Waals surface area contributed by atoms with E-state index in [0.29, 0.717) is 15.9 Å². The molecule has 1 aromatic heterocycles. The number of phenols is 1. The molecule has 3 N–H and O–H groups in total. The number of amides is 1. The van der Waals surface area contributed by atoms with Crippen molar-refractivity contribution >= 4 is 35.0 Å². The maximum atomic E-state index is 11.6. The number of aromatic hydroxyl groups is 1. The lowest BCUT2D eigenvalue weighted by Gasteiger charge is -2.06. The van der Waals surface area contributed by atoms with Crippen molar-refractivity contribution in [1.82, 2.24) is 15.2 Å². The quantitative estimate of drug-likeness (QED) is 0.589. The van der Waals surface area contributed by atoms with Gasteiger partial charge in [0.25, 0.3) is 0 Å². The summed E-state index contributed by atoms with van der Waals surface area (Å²) < 4.78 is 0. The second-order valence-corrected chi connectivity index (χ2v) is 4.69. The van der Waals surface area contributed by atoms with Gasteiger partial charge in [-0.3, -0.25) is 9.89 Å². The molecule has 2 rings (SSSR count). The number of aromatic amines is 1. The fraction of sp³-hybridized carbons (Fsp3) is 0.100. The van der Waals surface area contributed by atoms with Crippen molar-refractivity contribution in [1.29, 1.82) is 0 Å². The van der Waals surface area contributed by atoms with Crippen LogP contribution in [0.2, 0.25) is 5.02 Å². The highest BCUT2D eigenvalue weighted by Crippen LogP contribution is 2.26. The molecule has 0 saturated carbocycles. The van der Waals surface area contributed by atoms with E-state index in [1.165, 1.54) is 30.2 Å². The Labute approximate surface area is 112 Å². The number of halogens is 1. The molecule has 6 nitrogen and oxygen atoms in total. The van der Waals surface area contributed by atoms with E-state index in [1.807, 2.05) is 0 Å². The van der Waals surface area contributed by atoms with Gasteiger partial charge in [-0.25, -0.2) is 4.98 Å². The van der Waals surface area contributed by atoms with Crippen LogP contribution in [0.25, 0.3) is 0 Å². The van der Waals surface area contributed by atoms with Crippen LogP contribution in [0.4, 0.5) is 5.69 Å². The Hall–Kier alpha value is -1.73. The molecule has 0 unspecified atom stereocenters. The molecule has 1 aromatic carbocycles. The summed E-state index contributed by atoms with van der Waals surface area (Å²) in [7, 11) is 0. The van der Waals surface area contributed by atoms with Crippen molar-refractivity contribution in [2.24, 2.45) is 0 Å². The molecule has 8 heteroatoms. The average molecular weight is 285 g/mol. The molecule has 1 heterocycles. The highest BCUT2D eigenvalue weighted by Gasteiger charge is 2.08. The number of carbonyl (C=O) groups excluding carboxylic acids is 1. The molecule has 0 radical (unpaired) electrons. The van der Waals surface area contributed by atoms with Crippen LogP contribution >= 0.6 is 23.4 Å². The molecule has 0 aliphatic heterocycles. The van der Waals surface area contributed by atoms with Gasteiger partial charge in [-0.15, -0.1) is 0 Å². The standard InChI is InChI=1S/C10H9ClN4O2S/c11-6-1-2-7(8(16)3-6)14-9(17)4-18-10-12-5-13-15-10/h1-3,5,16H,4H2,(H,14,17)(H,12,13,15). The number of carbonyl (C=O) groups is 1. The van der Waals surface area contributed by atoms with Gasteiger partial charge in [0, 0.05) is 11.1 Å². The predicted octanol–water partition coefficient (Wildman–Crippen LogP) is 1.89. The Morgan fingerprint density at radius 1 is 1.56 bits per heavy atom. The minimum Gasteiger partial charge on any atom is -0.506 e. The Balaban J connectivity index is 1.91. The number of phenolic OH excluding ortho intramolecular Hbond substituents is 1. The number of thioether (sulfide) groups is 1. The van der Waals surface area contributed by atoms with Crippen LogP contribution in [0, 0.1) is 0 Å². The van der Waals surface area contributed by atoms with Crippen LogP contribution < -0.4 is 5.32 Å². The van der Waals surface area contributed by atoms with Crippen LogP contribution in [-0.2, 0) is 4.79 Å². The molecule has 2 aromatic rings. The molecular formula is C10H9ClN4O2S. The van der Waals surface area contributed by atoms with Gasteiger partial charge in [0.1, 0.15) is 12.1 Å². The molecule has 0 fully saturated rings. The molecule has 94 valence electrons. The SMILES string of the molecule is O=C(CSc1ncn[nH]1)Nc1ccc(Cl)cc1O. The summed E-state index contributed by atoms with van der Waals surface area (Å²) in [4.78, 5) is 15.5. The lowest BCUT2D eigenvalue weighted by atomic mass is 10.3. The summed E-state index contributed by atoms with van der Waals surface area (Å²) in [5, 5.41) is 19.4. The smallest absolute Gasteiger partial charge is 0.234 e. The second kappa shape index (κ2) is 5.74. The largest absolute Gasteiger partial charge is 0.506 e. The van der Waals surface area contributed by atoms with Gasteiger partial charge >= 0.3 is 0 Å². The van der Waals surface area contributed by atoms with Crippen molar-refractivity contribution in [2.45, 2.75) is 5.16 Å². The van der Waals surface area contributed by atoms with Crippen LogP contribution in [0.3, 0.4) is 0 Å². The van der Waals surface area contributed by atoms with Crippen molar-refractivity contribution in [3.63, 3.8) is 0 Å². The summed E-state index contributed by atoms with van der Waals surface area (Å²) in [6.45, 7) is 0. The normalized spacial score (nSPS) is 10.3. The zero-order valence-corrected chi connectivity index (χ0v) is 10.6. The number of nitrogens with one attached hydrogen (secondary N) is 2. The molecule has 1 amide bonds. The maximum absolute atomic E-state index is 11.6. The van der Waals surface area contributed by atoms with Gasteiger partial charge in [-0.2, -0.15) is 5.10 Å². The zero-order valence-electron chi connectivity index (χ0n) is 9.05. The number of rotatable bonds is 4. The first-order chi connectivity index (χ1) is 8.65. The van der Waals surface area contributed by atoms with Crippen molar-refractivity contribution in [3.05, 3.63) is 29.5 Å². The monoisotopic (exact) mass is 284 g/mol. The summed E-state index contributed by atoms with van der Waals surface area (Å²) in [5.41, 5.74) is 0.322. The van der Waals surface area contributed by atoms with E-state index in [1.54, 1.807) is 6.07 Å². The third kappa shape index (κ3) is 3.38. The first-order valence-corrected chi connectivity index (χ1v) is 6.28. The van der Waals surface area contributed by atoms with E-state index < -0.39 is 0 Å². The van der Waals surface area contributed by atoms with Crippen molar-refractivity contribution < 1.29 is 9.90 Å². The lowest BCUT2D eigenvalue weighted by Crippen LogP contribution is -2.14. The van der Waals surface area contributed by atoms with Gasteiger partial charge in [0.15, 0.2) is 5.16 Å². The van der Waals surface area contributed by atoms with Gasteiger partial charge in [0.2, 0.25) is 5.91 Å². The molecule has 0 bridgehead atoms. The number of hydrogen-bond acceptors (Lipinski definition) is 5. The third-order valence-electron chi connectivity index (χ3n) is 1.97. The lowest BCUT2D eigenvalue weighted by molar-refractivity contribution is -0.113. The molecule has 0 aliphatic carbocycles. The Morgan fingerprint density at radius 2 is 2.39 bits per heavy atom. The molecule has 0 saturated heterocycles. The van der Waals surface area contributed by atoms with E-state index in [-0.39, 0.29) is 17.4 Å². The minimum absolute atomic E-state index is 0.0690. The van der Waals surface area contributed by atoms with E-state index >= 15 is 0 Å². The van der Waals surface area contributed by atoms with E-state index in [9.17, 15) is 9.90 Å². The fourth-order valence-corrected chi connectivity index (χ4v) is 1.94. The summed E-state index contributed by atoms with van der Waals surface area (Å²) in [6.07, 6.45) is 1.37. The van der Waals surface area contributed by atoms with Crippen LogP contribution in [0.15, 0.2) is 29.7 Å². The van der Waals surface area contributed by atoms with Crippen molar-refractivity contribution in [3.8, 4) is 5.75 Å². The highest BCUT2D eigenvalue weighted by molar-refractivity contribution is 7.99. The van der Waals surface area contributed by atoms with Gasteiger partial charge in [-0.05, 0) is 12.1 Å². The number of nitrogens with zero attached hydrogens (tertiary/aromatic N) is 2. The third-order valence-corrected chi connectivity index (χ3v) is 3.08. The van der Waals surface area contributed by atoms with E-state index in [4.69, 9.17) is 11.6 Å². The molecule has 0 aliphatic rings. The molecule has 0 atom stereocenters. The maximum Gasteiger partial charge on any atom is 0.234 e. The topological polar surface area (TPSA) is 90.9 Å². The molecular weight excluding hydrogens is 276 g/mol. The summed E-state index contributed by atoms with van der Waals surface area (Å²) in [5.74, 6) is -0.161. The fourth-order valence-electron chi connectivity index (χ4n) is 1.19. The number of H-pyrrole nitrogens is 1. The van der Waals surface area contributed by atoms with E-state index in [2.05, 4.69) is 20.5 Å². The Morgan fingerprint density at radius 3 is 3.06 bits per heavy atom. The highest BCUT2D eigenvalue weighted by atomic mass is 35.5. The van der Waals surface area contributed by atoms with E-state index in [0.717, 1.165) is 0 Å². The zero-order chi connectivity index (χ0) is 13.0. The van der Waals surface area contributed by atoms with Gasteiger partial charge < -0.3 is 10.4 Å². The summed E-state index contributed by atoms with van der Waals surface area (Å²) >= 11 is 6.90. The van der Waals surface area contributed by atoms with Gasteiger partial charge in [0.05, 0.1) is 11.4 Å². The Kier molecular flexibility index (Phi) is 4.06. The minimum atomic E-state index is -0.256. The first kappa shape index (κ1) is 12.7. The second-order valence-electron chi connectivity index (χ2n) is 3.29. The first-order valence-electron chi connectivity index (χ1n) is 4.91. The number of benzene rings is 1. The number of hydrogen-bond donors (Lipinski definition) is 3. The number of anilines is 1. The Bertz CT molecular complexity index is 547. The molecule has 0 spiro atoms. The average Bonchev–Trinajstić information content (AvgIpc) is 2.83. The van der Waals surface area contributed by atoms with Crippen molar-refractivity contribution in [2.75, 3.05) is 11.1 Å². The van der Waals surface area contributed by atoms with Gasteiger partial charge in [-0.1, -0.05) is 23.4 Å². The van der Waals surface area contributed by atoms with Crippen LogP contribution in [0.5, 0.6) is 5.75 Å². The molecule has 18 heavy (non-hydrogen) atoms. The number of aromatic nitrogens is 3.